The predicted octanol–water partition coefficient (Wildman–Crippen LogP) is 4.68. The molecule has 0 radical (unpaired) electrons. The van der Waals surface area contributed by atoms with Gasteiger partial charge in [0, 0.05) is 11.3 Å². The Morgan fingerprint density at radius 1 is 1.00 bits per heavy atom. The number of fused-ring (bicyclic) bond motifs is 1. The number of benzene rings is 2. The quantitative estimate of drug-likeness (QED) is 0.476. The monoisotopic (exact) mass is 387 g/mol. The van der Waals surface area contributed by atoms with E-state index in [4.69, 9.17) is 27.6 Å². The fourth-order valence-corrected chi connectivity index (χ4v) is 3.00. The highest BCUT2D eigenvalue weighted by Gasteiger charge is 2.15. The molecule has 4 rings (SSSR count). The second kappa shape index (κ2) is 6.40. The van der Waals surface area contributed by atoms with Crippen LogP contribution in [0.5, 0.6) is 0 Å². The summed E-state index contributed by atoms with van der Waals surface area (Å²) in [6, 6.07) is 13.4. The van der Waals surface area contributed by atoms with E-state index in [1.165, 1.54) is 0 Å². The van der Waals surface area contributed by atoms with Gasteiger partial charge in [0.15, 0.2) is 5.76 Å². The molecule has 2 aromatic heterocycles. The van der Waals surface area contributed by atoms with Gasteiger partial charge >= 0.3 is 5.69 Å². The van der Waals surface area contributed by atoms with Crippen molar-refractivity contribution in [1.29, 1.82) is 0 Å². The van der Waals surface area contributed by atoms with Crippen molar-refractivity contribution in [3.8, 4) is 11.3 Å². The Morgan fingerprint density at radius 2 is 1.81 bits per heavy atom. The number of furan rings is 1. The fourth-order valence-electron chi connectivity index (χ4n) is 2.60. The van der Waals surface area contributed by atoms with E-state index in [2.05, 4.69) is 15.3 Å². The van der Waals surface area contributed by atoms with E-state index in [1.807, 2.05) is 0 Å². The summed E-state index contributed by atoms with van der Waals surface area (Å²) in [6.07, 6.45) is 0. The van der Waals surface area contributed by atoms with Gasteiger partial charge in [0.1, 0.15) is 5.76 Å². The van der Waals surface area contributed by atoms with Crippen LogP contribution in [0.3, 0.4) is 0 Å². The van der Waals surface area contributed by atoms with Crippen molar-refractivity contribution in [3.63, 3.8) is 0 Å². The largest absolute Gasteiger partial charge is 0.451 e. The van der Waals surface area contributed by atoms with Crippen LogP contribution in [0.2, 0.25) is 10.0 Å². The molecule has 0 aliphatic heterocycles. The Morgan fingerprint density at radius 3 is 2.65 bits per heavy atom. The molecule has 8 heteroatoms. The molecular weight excluding hydrogens is 377 g/mol. The van der Waals surface area contributed by atoms with Crippen LogP contribution in [-0.4, -0.2) is 15.9 Å². The normalized spacial score (nSPS) is 11.0. The zero-order valence-corrected chi connectivity index (χ0v) is 14.6. The fraction of sp³-hybridized carbons (Fsp3) is 0. The van der Waals surface area contributed by atoms with Gasteiger partial charge in [-0.1, -0.05) is 29.3 Å². The van der Waals surface area contributed by atoms with Crippen molar-refractivity contribution in [3.05, 3.63) is 74.8 Å². The van der Waals surface area contributed by atoms with Gasteiger partial charge in [0.25, 0.3) is 5.91 Å². The lowest BCUT2D eigenvalue weighted by Crippen LogP contribution is -2.10. The van der Waals surface area contributed by atoms with E-state index in [1.54, 1.807) is 48.5 Å². The molecule has 0 aliphatic rings. The van der Waals surface area contributed by atoms with E-state index in [-0.39, 0.29) is 11.4 Å². The van der Waals surface area contributed by atoms with Gasteiger partial charge in [-0.3, -0.25) is 4.79 Å². The second-order valence-corrected chi connectivity index (χ2v) is 6.34. The summed E-state index contributed by atoms with van der Waals surface area (Å²) in [6.45, 7) is 0. The molecule has 0 bridgehead atoms. The summed E-state index contributed by atoms with van der Waals surface area (Å²) in [5.41, 5.74) is 2.07. The van der Waals surface area contributed by atoms with Gasteiger partial charge in [-0.25, -0.2) is 4.79 Å². The maximum absolute atomic E-state index is 12.4. The van der Waals surface area contributed by atoms with Gasteiger partial charge in [0.05, 0.1) is 21.1 Å². The van der Waals surface area contributed by atoms with Crippen LogP contribution in [-0.2, 0) is 0 Å². The standard InChI is InChI=1S/C18H11Cl2N3O3/c19-11-3-1-2-10(16(11)20)14-6-7-15(26-14)17(24)21-9-4-5-12-13(8-9)23-18(25)22-12/h1-8H,(H,21,24)(H2,22,23,25). The minimum absolute atomic E-state index is 0.124. The van der Waals surface area contributed by atoms with E-state index in [0.29, 0.717) is 38.1 Å². The van der Waals surface area contributed by atoms with Crippen LogP contribution < -0.4 is 11.0 Å². The lowest BCUT2D eigenvalue weighted by Gasteiger charge is -2.04. The summed E-state index contributed by atoms with van der Waals surface area (Å²) in [5, 5.41) is 3.48. The van der Waals surface area contributed by atoms with Gasteiger partial charge < -0.3 is 19.7 Å². The van der Waals surface area contributed by atoms with E-state index < -0.39 is 5.91 Å². The summed E-state index contributed by atoms with van der Waals surface area (Å²) in [4.78, 5) is 29.0. The van der Waals surface area contributed by atoms with Crippen molar-refractivity contribution in [1.82, 2.24) is 9.97 Å². The summed E-state index contributed by atoms with van der Waals surface area (Å²) < 4.78 is 5.61. The number of H-pyrrole nitrogens is 2. The van der Waals surface area contributed by atoms with Crippen LogP contribution in [0.1, 0.15) is 10.6 Å². The molecule has 0 saturated carbocycles. The van der Waals surface area contributed by atoms with Gasteiger partial charge in [0.2, 0.25) is 0 Å². The average molecular weight is 388 g/mol. The Bertz CT molecular complexity index is 1190. The zero-order chi connectivity index (χ0) is 18.3. The highest BCUT2D eigenvalue weighted by Crippen LogP contribution is 2.34. The maximum atomic E-state index is 12.4. The zero-order valence-electron chi connectivity index (χ0n) is 13.1. The predicted molar refractivity (Wildman–Crippen MR) is 101 cm³/mol. The lowest BCUT2D eigenvalue weighted by molar-refractivity contribution is 0.0997. The second-order valence-electron chi connectivity index (χ2n) is 5.56. The highest BCUT2D eigenvalue weighted by atomic mass is 35.5. The van der Waals surface area contributed by atoms with Crippen molar-refractivity contribution in [2.45, 2.75) is 0 Å². The van der Waals surface area contributed by atoms with E-state index in [9.17, 15) is 9.59 Å². The van der Waals surface area contributed by atoms with Gasteiger partial charge in [-0.2, -0.15) is 0 Å². The number of rotatable bonds is 3. The lowest BCUT2D eigenvalue weighted by atomic mass is 10.2. The third-order valence-corrected chi connectivity index (χ3v) is 4.64. The van der Waals surface area contributed by atoms with E-state index >= 15 is 0 Å². The number of hydrogen-bond acceptors (Lipinski definition) is 3. The molecule has 0 aliphatic carbocycles. The topological polar surface area (TPSA) is 90.9 Å². The average Bonchev–Trinajstić information content (AvgIpc) is 3.23. The van der Waals surface area contributed by atoms with Crippen LogP contribution in [0, 0.1) is 0 Å². The van der Waals surface area contributed by atoms with Gasteiger partial charge in [-0.05, 0) is 42.5 Å². The summed E-state index contributed by atoms with van der Waals surface area (Å²) in [5.74, 6) is 0.137. The molecule has 0 fully saturated rings. The third kappa shape index (κ3) is 3.00. The van der Waals surface area contributed by atoms with Crippen LogP contribution in [0.15, 0.2) is 57.7 Å². The molecule has 6 nitrogen and oxygen atoms in total. The molecule has 26 heavy (non-hydrogen) atoms. The number of hydrogen-bond donors (Lipinski definition) is 3. The number of aromatic nitrogens is 2. The number of carbonyl (C=O) groups is 1. The third-order valence-electron chi connectivity index (χ3n) is 3.82. The Labute approximate surface area is 156 Å². The first-order chi connectivity index (χ1) is 12.5. The summed E-state index contributed by atoms with van der Waals surface area (Å²) >= 11 is 12.2. The Balaban J connectivity index is 1.59. The molecule has 2 aromatic carbocycles. The van der Waals surface area contributed by atoms with Crippen LogP contribution in [0.25, 0.3) is 22.4 Å². The molecule has 1 amide bonds. The number of carbonyl (C=O) groups excluding carboxylic acids is 1. The number of nitrogens with one attached hydrogen (secondary N) is 3. The number of halogens is 2. The Kier molecular flexibility index (Phi) is 4.06. The minimum Gasteiger partial charge on any atom is -0.451 e. The number of amides is 1. The molecule has 2 heterocycles. The molecular formula is C18H11Cl2N3O3. The first kappa shape index (κ1) is 16.5. The number of anilines is 1. The van der Waals surface area contributed by atoms with Crippen molar-refractivity contribution in [2.24, 2.45) is 0 Å². The molecule has 4 aromatic rings. The molecule has 0 unspecified atom stereocenters. The van der Waals surface area contributed by atoms with Crippen molar-refractivity contribution in [2.75, 3.05) is 5.32 Å². The van der Waals surface area contributed by atoms with Crippen molar-refractivity contribution < 1.29 is 9.21 Å². The SMILES string of the molecule is O=C(Nc1ccc2[nH]c(=O)[nH]c2c1)c1ccc(-c2cccc(Cl)c2Cl)o1. The molecule has 3 N–H and O–H groups in total. The molecule has 130 valence electrons. The first-order valence-corrected chi connectivity index (χ1v) is 8.34. The smallest absolute Gasteiger partial charge is 0.323 e. The van der Waals surface area contributed by atoms with Crippen LogP contribution >= 0.6 is 23.2 Å². The number of aromatic amines is 2. The van der Waals surface area contributed by atoms with Crippen molar-refractivity contribution >= 4 is 45.8 Å². The van der Waals surface area contributed by atoms with Crippen LogP contribution in [0.4, 0.5) is 5.69 Å². The first-order valence-electron chi connectivity index (χ1n) is 7.59. The maximum Gasteiger partial charge on any atom is 0.323 e. The van der Waals surface area contributed by atoms with E-state index in [0.717, 1.165) is 0 Å². The minimum atomic E-state index is -0.424. The van der Waals surface area contributed by atoms with Gasteiger partial charge in [-0.15, -0.1) is 0 Å². The molecule has 0 atom stereocenters. The molecule has 0 spiro atoms. The number of imidazole rings is 1. The highest BCUT2D eigenvalue weighted by molar-refractivity contribution is 6.43. The summed E-state index contributed by atoms with van der Waals surface area (Å²) in [7, 11) is 0. The Hall–Kier alpha value is -2.96. The molecule has 0 saturated heterocycles.